The fraction of sp³-hybridized carbons (Fsp3) is 0.875. The molecule has 0 rings (SSSR count). The van der Waals surface area contributed by atoms with Gasteiger partial charge in [-0.05, 0) is 12.8 Å². The molecule has 0 aromatic carbocycles. The monoisotopic (exact) mass is 176 g/mol. The van der Waals surface area contributed by atoms with Crippen LogP contribution in [0.4, 0.5) is 0 Å². The summed E-state index contributed by atoms with van der Waals surface area (Å²) in [6, 6.07) is 0. The van der Waals surface area contributed by atoms with E-state index >= 15 is 0 Å². The number of ketones is 1. The quantitative estimate of drug-likeness (QED) is 0.634. The highest BCUT2D eigenvalue weighted by Crippen LogP contribution is 1.97. The SMILES string of the molecule is CC(=O)CCS(=O)CC(C)C. The van der Waals surface area contributed by atoms with E-state index in [4.69, 9.17) is 0 Å². The van der Waals surface area contributed by atoms with E-state index in [0.717, 1.165) is 0 Å². The third-order valence-electron chi connectivity index (χ3n) is 1.20. The Morgan fingerprint density at radius 2 is 2.00 bits per heavy atom. The second kappa shape index (κ2) is 5.47. The Morgan fingerprint density at radius 3 is 2.36 bits per heavy atom. The number of hydrogen-bond donors (Lipinski definition) is 0. The Kier molecular flexibility index (Phi) is 5.38. The molecule has 0 radical (unpaired) electrons. The van der Waals surface area contributed by atoms with Gasteiger partial charge in [-0.25, -0.2) is 0 Å². The molecule has 0 N–H and O–H groups in total. The van der Waals surface area contributed by atoms with Gasteiger partial charge in [-0.3, -0.25) is 9.00 Å². The standard InChI is InChI=1S/C8H16O2S/c1-7(2)6-11(10)5-4-8(3)9/h7H,4-6H2,1-3H3. The Morgan fingerprint density at radius 1 is 1.45 bits per heavy atom. The zero-order valence-electron chi connectivity index (χ0n) is 7.42. The van der Waals surface area contributed by atoms with Crippen LogP contribution in [-0.4, -0.2) is 21.5 Å². The summed E-state index contributed by atoms with van der Waals surface area (Å²) in [7, 11) is -0.792. The van der Waals surface area contributed by atoms with Crippen molar-refractivity contribution in [3.8, 4) is 0 Å². The molecule has 0 aliphatic carbocycles. The van der Waals surface area contributed by atoms with Crippen LogP contribution in [0.25, 0.3) is 0 Å². The van der Waals surface area contributed by atoms with Crippen molar-refractivity contribution in [2.45, 2.75) is 27.2 Å². The summed E-state index contributed by atoms with van der Waals surface area (Å²) in [5.74, 6) is 1.84. The topological polar surface area (TPSA) is 34.1 Å². The molecule has 0 fully saturated rings. The van der Waals surface area contributed by atoms with Crippen molar-refractivity contribution in [3.05, 3.63) is 0 Å². The lowest BCUT2D eigenvalue weighted by Gasteiger charge is -2.02. The summed E-state index contributed by atoms with van der Waals surface area (Å²) in [5.41, 5.74) is 0. The highest BCUT2D eigenvalue weighted by atomic mass is 32.2. The van der Waals surface area contributed by atoms with Crippen molar-refractivity contribution in [2.75, 3.05) is 11.5 Å². The average molecular weight is 176 g/mol. The number of hydrogen-bond acceptors (Lipinski definition) is 2. The van der Waals surface area contributed by atoms with Crippen LogP contribution in [0, 0.1) is 5.92 Å². The first-order valence-electron chi connectivity index (χ1n) is 3.86. The number of carbonyl (C=O) groups excluding carboxylic acids is 1. The highest BCUT2D eigenvalue weighted by Gasteiger charge is 2.03. The fourth-order valence-electron chi connectivity index (χ4n) is 0.713. The van der Waals surface area contributed by atoms with E-state index in [-0.39, 0.29) is 5.78 Å². The first-order valence-corrected chi connectivity index (χ1v) is 5.35. The maximum Gasteiger partial charge on any atom is 0.130 e. The average Bonchev–Trinajstić information content (AvgIpc) is 1.82. The van der Waals surface area contributed by atoms with Crippen molar-refractivity contribution < 1.29 is 9.00 Å². The molecule has 0 amide bonds. The lowest BCUT2D eigenvalue weighted by Crippen LogP contribution is -2.10. The highest BCUT2D eigenvalue weighted by molar-refractivity contribution is 7.85. The van der Waals surface area contributed by atoms with E-state index in [1.807, 2.05) is 13.8 Å². The molecule has 0 aromatic heterocycles. The molecule has 0 saturated carbocycles. The van der Waals surface area contributed by atoms with Gasteiger partial charge < -0.3 is 0 Å². The summed E-state index contributed by atoms with van der Waals surface area (Å²) in [4.78, 5) is 10.5. The van der Waals surface area contributed by atoms with Gasteiger partial charge in [0.1, 0.15) is 5.78 Å². The van der Waals surface area contributed by atoms with Crippen LogP contribution in [-0.2, 0) is 15.6 Å². The number of Topliss-reactive ketones (excluding diaryl/α,β-unsaturated/α-hetero) is 1. The van der Waals surface area contributed by atoms with Crippen LogP contribution in [0.1, 0.15) is 27.2 Å². The largest absolute Gasteiger partial charge is 0.300 e. The van der Waals surface area contributed by atoms with Crippen LogP contribution in [0.2, 0.25) is 0 Å². The minimum Gasteiger partial charge on any atom is -0.300 e. The van der Waals surface area contributed by atoms with E-state index in [1.165, 1.54) is 6.92 Å². The van der Waals surface area contributed by atoms with Crippen molar-refractivity contribution in [1.29, 1.82) is 0 Å². The van der Waals surface area contributed by atoms with E-state index in [0.29, 0.717) is 23.8 Å². The Bertz CT molecular complexity index is 152. The molecule has 0 heterocycles. The van der Waals surface area contributed by atoms with Crippen LogP contribution < -0.4 is 0 Å². The molecule has 0 aliphatic rings. The van der Waals surface area contributed by atoms with Gasteiger partial charge in [-0.1, -0.05) is 13.8 Å². The molecule has 0 aromatic rings. The molecule has 0 saturated heterocycles. The summed E-state index contributed by atoms with van der Waals surface area (Å²) < 4.78 is 11.1. The van der Waals surface area contributed by atoms with Crippen LogP contribution >= 0.6 is 0 Å². The van der Waals surface area contributed by atoms with Gasteiger partial charge in [-0.15, -0.1) is 0 Å². The second-order valence-electron chi connectivity index (χ2n) is 3.16. The molecular weight excluding hydrogens is 160 g/mol. The normalized spacial score (nSPS) is 13.5. The van der Waals surface area contributed by atoms with Gasteiger partial charge in [-0.2, -0.15) is 0 Å². The predicted molar refractivity (Wildman–Crippen MR) is 48.0 cm³/mol. The summed E-state index contributed by atoms with van der Waals surface area (Å²) in [6.45, 7) is 5.60. The molecule has 0 aliphatic heterocycles. The summed E-state index contributed by atoms with van der Waals surface area (Å²) in [5, 5.41) is 0. The van der Waals surface area contributed by atoms with Crippen molar-refractivity contribution in [3.63, 3.8) is 0 Å². The van der Waals surface area contributed by atoms with Crippen molar-refractivity contribution in [1.82, 2.24) is 0 Å². The molecule has 1 atom stereocenters. The lowest BCUT2D eigenvalue weighted by atomic mass is 10.3. The molecular formula is C8H16O2S. The molecule has 11 heavy (non-hydrogen) atoms. The molecule has 2 nitrogen and oxygen atoms in total. The maximum absolute atomic E-state index is 11.1. The van der Waals surface area contributed by atoms with Crippen LogP contribution in [0.5, 0.6) is 0 Å². The van der Waals surface area contributed by atoms with Gasteiger partial charge in [0.05, 0.1) is 0 Å². The van der Waals surface area contributed by atoms with Gasteiger partial charge in [0.25, 0.3) is 0 Å². The van der Waals surface area contributed by atoms with E-state index < -0.39 is 10.8 Å². The van der Waals surface area contributed by atoms with Crippen LogP contribution in [0.15, 0.2) is 0 Å². The smallest absolute Gasteiger partial charge is 0.130 e. The molecule has 0 bridgehead atoms. The molecule has 3 heteroatoms. The first kappa shape index (κ1) is 10.8. The Balaban J connectivity index is 3.45. The predicted octanol–water partition coefficient (Wildman–Crippen LogP) is 1.37. The number of rotatable bonds is 5. The zero-order valence-corrected chi connectivity index (χ0v) is 8.24. The fourth-order valence-corrected chi connectivity index (χ4v) is 2.14. The zero-order chi connectivity index (χ0) is 8.85. The molecule has 66 valence electrons. The molecule has 0 spiro atoms. The molecule has 1 unspecified atom stereocenters. The maximum atomic E-state index is 11.1. The van der Waals surface area contributed by atoms with E-state index in [2.05, 4.69) is 0 Å². The van der Waals surface area contributed by atoms with Crippen LogP contribution in [0.3, 0.4) is 0 Å². The first-order chi connectivity index (χ1) is 5.02. The summed E-state index contributed by atoms with van der Waals surface area (Å²) >= 11 is 0. The number of carbonyl (C=O) groups is 1. The summed E-state index contributed by atoms with van der Waals surface area (Å²) in [6.07, 6.45) is 0.458. The van der Waals surface area contributed by atoms with E-state index in [1.54, 1.807) is 0 Å². The Labute approximate surface area is 70.8 Å². The lowest BCUT2D eigenvalue weighted by molar-refractivity contribution is -0.116. The van der Waals surface area contributed by atoms with Crippen molar-refractivity contribution in [2.24, 2.45) is 5.92 Å². The minimum absolute atomic E-state index is 0.127. The second-order valence-corrected chi connectivity index (χ2v) is 4.78. The van der Waals surface area contributed by atoms with Gasteiger partial charge in [0.2, 0.25) is 0 Å². The minimum atomic E-state index is -0.792. The third-order valence-corrected chi connectivity index (χ3v) is 2.90. The van der Waals surface area contributed by atoms with Crippen molar-refractivity contribution >= 4 is 16.6 Å². The Hall–Kier alpha value is -0.180. The van der Waals surface area contributed by atoms with Gasteiger partial charge in [0, 0.05) is 28.7 Å². The third kappa shape index (κ3) is 7.72. The van der Waals surface area contributed by atoms with Gasteiger partial charge in [0.15, 0.2) is 0 Å². The van der Waals surface area contributed by atoms with Gasteiger partial charge >= 0.3 is 0 Å². The van der Waals surface area contributed by atoms with E-state index in [9.17, 15) is 9.00 Å².